The summed E-state index contributed by atoms with van der Waals surface area (Å²) in [7, 11) is 1.59. The van der Waals surface area contributed by atoms with Gasteiger partial charge in [0.05, 0.1) is 18.7 Å². The highest BCUT2D eigenvalue weighted by Gasteiger charge is 2.47. The van der Waals surface area contributed by atoms with Gasteiger partial charge in [0, 0.05) is 47.2 Å². The van der Waals surface area contributed by atoms with Crippen molar-refractivity contribution in [3.63, 3.8) is 0 Å². The molecule has 7 nitrogen and oxygen atoms in total. The van der Waals surface area contributed by atoms with E-state index in [0.29, 0.717) is 11.3 Å². The Bertz CT molecular complexity index is 1490. The van der Waals surface area contributed by atoms with Gasteiger partial charge in [-0.05, 0) is 54.8 Å². The molecule has 2 aromatic heterocycles. The standard InChI is InChI=1S/C28H25N3O4/c1-16-12-23(35-3)17(2)11-20(16)26(32)24-25(21-14-30-22-9-5-4-8-19(21)22)31(28(34)27(24)33)15-18-7-6-10-29-13-18/h4-14,25,30,32H,15H2,1-3H3/b26-24+. The zero-order chi connectivity index (χ0) is 24.7. The first kappa shape index (κ1) is 22.4. The molecule has 35 heavy (non-hydrogen) atoms. The largest absolute Gasteiger partial charge is 0.507 e. The van der Waals surface area contributed by atoms with Crippen LogP contribution >= 0.6 is 0 Å². The van der Waals surface area contributed by atoms with E-state index in [-0.39, 0.29) is 17.9 Å². The third-order valence-corrected chi connectivity index (χ3v) is 6.53. The predicted molar refractivity (Wildman–Crippen MR) is 133 cm³/mol. The third kappa shape index (κ3) is 3.75. The van der Waals surface area contributed by atoms with Gasteiger partial charge in [0.25, 0.3) is 11.7 Å². The maximum absolute atomic E-state index is 13.4. The van der Waals surface area contributed by atoms with Gasteiger partial charge in [0.15, 0.2) is 0 Å². The predicted octanol–water partition coefficient (Wildman–Crippen LogP) is 4.81. The van der Waals surface area contributed by atoms with Gasteiger partial charge in [0.2, 0.25) is 0 Å². The number of amides is 1. The minimum atomic E-state index is -0.770. The number of likely N-dealkylation sites (tertiary alicyclic amines) is 1. The number of aromatic nitrogens is 2. The van der Waals surface area contributed by atoms with Crippen LogP contribution in [0.4, 0.5) is 0 Å². The average molecular weight is 468 g/mol. The summed E-state index contributed by atoms with van der Waals surface area (Å²) < 4.78 is 5.40. The van der Waals surface area contributed by atoms with Crippen molar-refractivity contribution in [2.75, 3.05) is 7.11 Å². The van der Waals surface area contributed by atoms with Crippen molar-refractivity contribution in [1.82, 2.24) is 14.9 Å². The van der Waals surface area contributed by atoms with Gasteiger partial charge in [0.1, 0.15) is 11.5 Å². The summed E-state index contributed by atoms with van der Waals surface area (Å²) in [5.41, 5.74) is 4.52. The molecule has 1 unspecified atom stereocenters. The van der Waals surface area contributed by atoms with Gasteiger partial charge in [-0.25, -0.2) is 0 Å². The zero-order valence-corrected chi connectivity index (χ0v) is 19.7. The van der Waals surface area contributed by atoms with Crippen LogP contribution in [0.5, 0.6) is 5.75 Å². The summed E-state index contributed by atoms with van der Waals surface area (Å²) in [5.74, 6) is -0.886. The molecular weight excluding hydrogens is 442 g/mol. The van der Waals surface area contributed by atoms with E-state index in [2.05, 4.69) is 9.97 Å². The van der Waals surface area contributed by atoms with Crippen LogP contribution in [0.15, 0.2) is 72.7 Å². The lowest BCUT2D eigenvalue weighted by atomic mass is 9.92. The number of benzene rings is 2. The lowest BCUT2D eigenvalue weighted by Gasteiger charge is -2.25. The van der Waals surface area contributed by atoms with Gasteiger partial charge in [-0.2, -0.15) is 0 Å². The van der Waals surface area contributed by atoms with Crippen LogP contribution in [-0.4, -0.2) is 38.8 Å². The molecule has 1 saturated heterocycles. The van der Waals surface area contributed by atoms with Gasteiger partial charge in [-0.15, -0.1) is 0 Å². The fraction of sp³-hybridized carbons (Fsp3) is 0.179. The quantitative estimate of drug-likeness (QED) is 0.250. The SMILES string of the molecule is COc1cc(C)c(/C(O)=C2\C(=O)C(=O)N(Cc3cccnc3)C2c2c[nH]c3ccccc23)cc1C. The summed E-state index contributed by atoms with van der Waals surface area (Å²) in [4.78, 5) is 35.6. The minimum absolute atomic E-state index is 0.0660. The maximum atomic E-state index is 13.4. The third-order valence-electron chi connectivity index (χ3n) is 6.53. The van der Waals surface area contributed by atoms with Crippen molar-refractivity contribution in [3.8, 4) is 5.75 Å². The number of aromatic amines is 1. The van der Waals surface area contributed by atoms with Crippen LogP contribution in [0.25, 0.3) is 16.7 Å². The van der Waals surface area contributed by atoms with Crippen molar-refractivity contribution in [2.45, 2.75) is 26.4 Å². The van der Waals surface area contributed by atoms with E-state index in [1.165, 1.54) is 4.90 Å². The van der Waals surface area contributed by atoms with Crippen LogP contribution in [0.2, 0.25) is 0 Å². The second kappa shape index (κ2) is 8.76. The number of carbonyl (C=O) groups excluding carboxylic acids is 2. The number of hydrogen-bond donors (Lipinski definition) is 2. The van der Waals surface area contributed by atoms with Gasteiger partial charge in [-0.1, -0.05) is 24.3 Å². The first-order chi connectivity index (χ1) is 16.9. The van der Waals surface area contributed by atoms with Crippen LogP contribution in [-0.2, 0) is 16.1 Å². The molecule has 1 atom stereocenters. The maximum Gasteiger partial charge on any atom is 0.295 e. The monoisotopic (exact) mass is 467 g/mol. The van der Waals surface area contributed by atoms with Crippen LogP contribution < -0.4 is 4.74 Å². The molecule has 3 heterocycles. The number of aliphatic hydroxyl groups excluding tert-OH is 1. The number of carbonyl (C=O) groups is 2. The smallest absolute Gasteiger partial charge is 0.295 e. The van der Waals surface area contributed by atoms with Gasteiger partial charge < -0.3 is 19.7 Å². The highest BCUT2D eigenvalue weighted by molar-refractivity contribution is 6.46. The summed E-state index contributed by atoms with van der Waals surface area (Å²) in [6.07, 6.45) is 5.13. The van der Waals surface area contributed by atoms with Crippen molar-refractivity contribution < 1.29 is 19.4 Å². The summed E-state index contributed by atoms with van der Waals surface area (Å²) in [6.45, 7) is 3.89. The molecule has 2 N–H and O–H groups in total. The van der Waals surface area contributed by atoms with E-state index in [1.54, 1.807) is 37.8 Å². The number of Topliss-reactive ketones (excluding diaryl/α,β-unsaturated/α-hetero) is 1. The number of ether oxygens (including phenoxy) is 1. The highest BCUT2D eigenvalue weighted by atomic mass is 16.5. The number of para-hydroxylation sites is 1. The molecule has 0 saturated carbocycles. The number of fused-ring (bicyclic) bond motifs is 1. The second-order valence-electron chi connectivity index (χ2n) is 8.71. The summed E-state index contributed by atoms with van der Waals surface area (Å²) >= 11 is 0. The Morgan fingerprint density at radius 2 is 1.91 bits per heavy atom. The molecule has 0 spiro atoms. The molecule has 1 amide bonds. The first-order valence-corrected chi connectivity index (χ1v) is 11.3. The number of H-pyrrole nitrogens is 1. The fourth-order valence-electron chi connectivity index (χ4n) is 4.78. The van der Waals surface area contributed by atoms with E-state index in [4.69, 9.17) is 4.74 Å². The Kier molecular flexibility index (Phi) is 5.61. The van der Waals surface area contributed by atoms with E-state index in [0.717, 1.165) is 33.2 Å². The molecular formula is C28H25N3O4. The topological polar surface area (TPSA) is 95.5 Å². The number of ketones is 1. The Balaban J connectivity index is 1.73. The zero-order valence-electron chi connectivity index (χ0n) is 19.7. The van der Waals surface area contributed by atoms with E-state index in [9.17, 15) is 14.7 Å². The van der Waals surface area contributed by atoms with Crippen molar-refractivity contribution in [1.29, 1.82) is 0 Å². The average Bonchev–Trinajstić information content (AvgIpc) is 3.39. The molecule has 4 aromatic rings. The molecule has 1 aliphatic rings. The number of pyridine rings is 1. The molecule has 5 rings (SSSR count). The van der Waals surface area contributed by atoms with E-state index in [1.807, 2.05) is 50.2 Å². The van der Waals surface area contributed by atoms with E-state index < -0.39 is 17.7 Å². The normalized spacial score (nSPS) is 17.3. The van der Waals surface area contributed by atoms with Crippen molar-refractivity contribution in [3.05, 3.63) is 101 Å². The highest BCUT2D eigenvalue weighted by Crippen LogP contribution is 2.43. The molecule has 0 aliphatic carbocycles. The fourth-order valence-corrected chi connectivity index (χ4v) is 4.78. The van der Waals surface area contributed by atoms with Crippen LogP contribution in [0.1, 0.15) is 33.9 Å². The Labute approximate surface area is 202 Å². The van der Waals surface area contributed by atoms with Gasteiger partial charge in [-0.3, -0.25) is 14.6 Å². The Morgan fingerprint density at radius 1 is 1.11 bits per heavy atom. The van der Waals surface area contributed by atoms with Crippen LogP contribution in [0.3, 0.4) is 0 Å². The molecule has 1 fully saturated rings. The van der Waals surface area contributed by atoms with E-state index >= 15 is 0 Å². The summed E-state index contributed by atoms with van der Waals surface area (Å²) in [6, 6.07) is 14.2. The molecule has 176 valence electrons. The Hall–Kier alpha value is -4.39. The number of hydrogen-bond acceptors (Lipinski definition) is 5. The second-order valence-corrected chi connectivity index (χ2v) is 8.71. The van der Waals surface area contributed by atoms with Crippen molar-refractivity contribution >= 4 is 28.4 Å². The lowest BCUT2D eigenvalue weighted by Crippen LogP contribution is -2.29. The lowest BCUT2D eigenvalue weighted by molar-refractivity contribution is -0.140. The number of methoxy groups -OCH3 is 1. The number of aryl methyl sites for hydroxylation is 2. The minimum Gasteiger partial charge on any atom is -0.507 e. The van der Waals surface area contributed by atoms with Crippen molar-refractivity contribution in [2.24, 2.45) is 0 Å². The number of nitrogens with zero attached hydrogens (tertiary/aromatic N) is 2. The number of rotatable bonds is 5. The number of nitrogens with one attached hydrogen (secondary N) is 1. The number of aliphatic hydroxyl groups is 1. The molecule has 1 aliphatic heterocycles. The molecule has 0 radical (unpaired) electrons. The molecule has 7 heteroatoms. The van der Waals surface area contributed by atoms with Gasteiger partial charge >= 0.3 is 0 Å². The first-order valence-electron chi connectivity index (χ1n) is 11.3. The Morgan fingerprint density at radius 3 is 2.66 bits per heavy atom. The molecule has 0 bridgehead atoms. The summed E-state index contributed by atoms with van der Waals surface area (Å²) in [5, 5.41) is 12.4. The van der Waals surface area contributed by atoms with Crippen LogP contribution in [0, 0.1) is 13.8 Å². The molecule has 2 aromatic carbocycles.